The molecule has 0 radical (unpaired) electrons. The van der Waals surface area contributed by atoms with Crippen molar-refractivity contribution in [2.75, 3.05) is 0 Å². The summed E-state index contributed by atoms with van der Waals surface area (Å²) in [6, 6.07) is 12.4. The molecule has 3 nitrogen and oxygen atoms in total. The van der Waals surface area contributed by atoms with E-state index in [0.29, 0.717) is 6.54 Å². The van der Waals surface area contributed by atoms with Crippen molar-refractivity contribution in [2.45, 2.75) is 13.1 Å². The number of nitrogens with two attached hydrogens (primary N) is 1. The minimum atomic E-state index is 0.587. The Bertz CT molecular complexity index is 665. The van der Waals surface area contributed by atoms with Crippen LogP contribution in [0.1, 0.15) is 11.1 Å². The number of pyridine rings is 1. The first-order chi connectivity index (χ1) is 8.86. The Hall–Kier alpha value is -2.13. The Labute approximate surface area is 106 Å². The molecule has 0 amide bonds. The molecule has 2 N–H and O–H groups in total. The lowest BCUT2D eigenvalue weighted by molar-refractivity contribution is 0.806. The van der Waals surface area contributed by atoms with E-state index in [9.17, 15) is 0 Å². The topological polar surface area (TPSA) is 43.8 Å². The Morgan fingerprint density at radius 1 is 1.11 bits per heavy atom. The normalized spacial score (nSPS) is 10.9. The van der Waals surface area contributed by atoms with Crippen molar-refractivity contribution in [3.63, 3.8) is 0 Å². The maximum atomic E-state index is 5.62. The minimum Gasteiger partial charge on any atom is -0.350 e. The summed E-state index contributed by atoms with van der Waals surface area (Å²) in [7, 11) is 0. The van der Waals surface area contributed by atoms with Gasteiger partial charge in [-0.05, 0) is 29.3 Å². The zero-order valence-electron chi connectivity index (χ0n) is 10.1. The van der Waals surface area contributed by atoms with Crippen LogP contribution in [0.2, 0.25) is 0 Å². The quantitative estimate of drug-likeness (QED) is 0.760. The van der Waals surface area contributed by atoms with Crippen molar-refractivity contribution in [3.8, 4) is 0 Å². The van der Waals surface area contributed by atoms with Gasteiger partial charge in [0.2, 0.25) is 0 Å². The third kappa shape index (κ3) is 2.00. The van der Waals surface area contributed by atoms with Crippen molar-refractivity contribution in [1.82, 2.24) is 9.55 Å². The molecule has 0 spiro atoms. The first-order valence-electron chi connectivity index (χ1n) is 6.04. The van der Waals surface area contributed by atoms with E-state index >= 15 is 0 Å². The number of fused-ring (bicyclic) bond motifs is 1. The van der Waals surface area contributed by atoms with Gasteiger partial charge in [-0.15, -0.1) is 0 Å². The van der Waals surface area contributed by atoms with Gasteiger partial charge >= 0.3 is 0 Å². The maximum Gasteiger partial charge on any atom is 0.0705 e. The van der Waals surface area contributed by atoms with Crippen molar-refractivity contribution in [3.05, 3.63) is 66.1 Å². The number of nitrogens with zero attached hydrogens (tertiary/aromatic N) is 2. The molecule has 2 heterocycles. The lowest BCUT2D eigenvalue weighted by atomic mass is 10.1. The van der Waals surface area contributed by atoms with Crippen LogP contribution in [-0.4, -0.2) is 9.55 Å². The van der Waals surface area contributed by atoms with Crippen LogP contribution in [-0.2, 0) is 13.1 Å². The molecule has 0 saturated heterocycles. The molecular formula is C15H15N3. The molecule has 1 aromatic carbocycles. The van der Waals surface area contributed by atoms with Crippen LogP contribution in [0.15, 0.2) is 55.0 Å². The van der Waals surface area contributed by atoms with Crippen molar-refractivity contribution in [1.29, 1.82) is 0 Å². The van der Waals surface area contributed by atoms with Gasteiger partial charge in [0.05, 0.1) is 5.52 Å². The third-order valence-corrected chi connectivity index (χ3v) is 3.14. The van der Waals surface area contributed by atoms with Gasteiger partial charge in [0.15, 0.2) is 0 Å². The van der Waals surface area contributed by atoms with Crippen LogP contribution in [0.3, 0.4) is 0 Å². The monoisotopic (exact) mass is 237 g/mol. The molecule has 0 aliphatic rings. The number of hydrogen-bond donors (Lipinski definition) is 1. The minimum absolute atomic E-state index is 0.587. The molecule has 0 aliphatic carbocycles. The van der Waals surface area contributed by atoms with Crippen LogP contribution in [0, 0.1) is 0 Å². The molecular weight excluding hydrogens is 222 g/mol. The predicted molar refractivity (Wildman–Crippen MR) is 73.2 cm³/mol. The Morgan fingerprint density at radius 3 is 2.83 bits per heavy atom. The van der Waals surface area contributed by atoms with E-state index in [2.05, 4.69) is 46.2 Å². The molecule has 0 atom stereocenters. The summed E-state index contributed by atoms with van der Waals surface area (Å²) in [4.78, 5) is 4.38. The zero-order valence-corrected chi connectivity index (χ0v) is 10.1. The highest BCUT2D eigenvalue weighted by molar-refractivity contribution is 5.81. The van der Waals surface area contributed by atoms with Gasteiger partial charge in [0.1, 0.15) is 0 Å². The molecule has 0 bridgehead atoms. The summed E-state index contributed by atoms with van der Waals surface area (Å²) in [6.45, 7) is 1.44. The second-order valence-corrected chi connectivity index (χ2v) is 4.38. The summed E-state index contributed by atoms with van der Waals surface area (Å²) < 4.78 is 2.16. The van der Waals surface area contributed by atoms with E-state index in [4.69, 9.17) is 5.73 Å². The average molecular weight is 237 g/mol. The van der Waals surface area contributed by atoms with Crippen molar-refractivity contribution < 1.29 is 0 Å². The van der Waals surface area contributed by atoms with Gasteiger partial charge in [-0.1, -0.05) is 18.2 Å². The SMILES string of the molecule is NCc1ccn(Cc2ccnc3ccccc23)c1. The van der Waals surface area contributed by atoms with Crippen molar-refractivity contribution in [2.24, 2.45) is 5.73 Å². The number of rotatable bonds is 3. The molecule has 0 saturated carbocycles. The lowest BCUT2D eigenvalue weighted by Crippen LogP contribution is -1.99. The van der Waals surface area contributed by atoms with E-state index < -0.39 is 0 Å². The van der Waals surface area contributed by atoms with E-state index in [1.807, 2.05) is 18.3 Å². The van der Waals surface area contributed by atoms with E-state index in [1.165, 1.54) is 10.9 Å². The van der Waals surface area contributed by atoms with Crippen LogP contribution in [0.5, 0.6) is 0 Å². The Balaban J connectivity index is 1.99. The van der Waals surface area contributed by atoms with Gasteiger partial charge in [0, 0.05) is 37.1 Å². The van der Waals surface area contributed by atoms with E-state index in [0.717, 1.165) is 17.6 Å². The largest absolute Gasteiger partial charge is 0.350 e. The molecule has 3 aromatic rings. The zero-order chi connectivity index (χ0) is 12.4. The van der Waals surface area contributed by atoms with Gasteiger partial charge in [-0.2, -0.15) is 0 Å². The predicted octanol–water partition coefficient (Wildman–Crippen LogP) is 2.54. The van der Waals surface area contributed by atoms with Crippen LogP contribution in [0.25, 0.3) is 10.9 Å². The molecule has 3 rings (SSSR count). The molecule has 0 unspecified atom stereocenters. The second-order valence-electron chi connectivity index (χ2n) is 4.38. The standard InChI is InChI=1S/C15H15N3/c16-9-12-6-8-18(10-12)11-13-5-7-17-15-4-2-1-3-14(13)15/h1-8,10H,9,11,16H2. The lowest BCUT2D eigenvalue weighted by Gasteiger charge is -2.07. The fourth-order valence-corrected chi connectivity index (χ4v) is 2.20. The smallest absolute Gasteiger partial charge is 0.0705 e. The third-order valence-electron chi connectivity index (χ3n) is 3.14. The summed E-state index contributed by atoms with van der Waals surface area (Å²) in [5, 5.41) is 1.21. The van der Waals surface area contributed by atoms with Gasteiger partial charge in [-0.25, -0.2) is 0 Å². The Kier molecular flexibility index (Phi) is 2.82. The van der Waals surface area contributed by atoms with Crippen LogP contribution < -0.4 is 5.73 Å². The maximum absolute atomic E-state index is 5.62. The molecule has 0 fully saturated rings. The molecule has 90 valence electrons. The first kappa shape index (κ1) is 11.0. The molecule has 2 aromatic heterocycles. The molecule has 3 heteroatoms. The highest BCUT2D eigenvalue weighted by Crippen LogP contribution is 2.17. The summed E-state index contributed by atoms with van der Waals surface area (Å²) in [5.74, 6) is 0. The fourth-order valence-electron chi connectivity index (χ4n) is 2.20. The molecule has 18 heavy (non-hydrogen) atoms. The summed E-state index contributed by atoms with van der Waals surface area (Å²) >= 11 is 0. The Morgan fingerprint density at radius 2 is 2.00 bits per heavy atom. The molecule has 0 aliphatic heterocycles. The van der Waals surface area contributed by atoms with E-state index in [-0.39, 0.29) is 0 Å². The van der Waals surface area contributed by atoms with Crippen LogP contribution in [0.4, 0.5) is 0 Å². The average Bonchev–Trinajstić information content (AvgIpc) is 2.87. The summed E-state index contributed by atoms with van der Waals surface area (Å²) in [5.41, 5.74) is 9.10. The van der Waals surface area contributed by atoms with Gasteiger partial charge in [-0.3, -0.25) is 4.98 Å². The van der Waals surface area contributed by atoms with Gasteiger partial charge < -0.3 is 10.3 Å². The first-order valence-corrected chi connectivity index (χ1v) is 6.04. The van der Waals surface area contributed by atoms with Gasteiger partial charge in [0.25, 0.3) is 0 Å². The number of hydrogen-bond acceptors (Lipinski definition) is 2. The number of aromatic nitrogens is 2. The fraction of sp³-hybridized carbons (Fsp3) is 0.133. The highest BCUT2D eigenvalue weighted by Gasteiger charge is 2.02. The van der Waals surface area contributed by atoms with Crippen LogP contribution >= 0.6 is 0 Å². The highest BCUT2D eigenvalue weighted by atomic mass is 14.9. The van der Waals surface area contributed by atoms with E-state index in [1.54, 1.807) is 0 Å². The second kappa shape index (κ2) is 4.63. The van der Waals surface area contributed by atoms with Crippen molar-refractivity contribution >= 4 is 10.9 Å². The summed E-state index contributed by atoms with van der Waals surface area (Å²) in [6.07, 6.45) is 6.03. The number of para-hydroxylation sites is 1. The number of benzene rings is 1.